The van der Waals surface area contributed by atoms with Gasteiger partial charge in [0.2, 0.25) is 0 Å². The average Bonchev–Trinajstić information content (AvgIpc) is 2.94. The molecule has 0 N–H and O–H groups in total. The fraction of sp³-hybridized carbons (Fsp3) is 0.200. The van der Waals surface area contributed by atoms with E-state index in [1.807, 2.05) is 6.92 Å². The molecular formula is C20H17ClFNO3S2. The van der Waals surface area contributed by atoms with Gasteiger partial charge in [0.15, 0.2) is 11.5 Å². The number of methoxy groups -OCH3 is 1. The van der Waals surface area contributed by atoms with E-state index in [1.165, 1.54) is 31.0 Å². The van der Waals surface area contributed by atoms with Gasteiger partial charge in [-0.15, -0.1) is 0 Å². The molecule has 1 aliphatic heterocycles. The van der Waals surface area contributed by atoms with Gasteiger partial charge >= 0.3 is 0 Å². The second-order valence-corrected chi connectivity index (χ2v) is 7.96. The Bertz CT molecular complexity index is 947. The highest BCUT2D eigenvalue weighted by Gasteiger charge is 2.30. The van der Waals surface area contributed by atoms with Crippen molar-refractivity contribution in [3.63, 3.8) is 0 Å². The zero-order chi connectivity index (χ0) is 20.3. The van der Waals surface area contributed by atoms with Crippen LogP contribution in [0.4, 0.5) is 4.39 Å². The van der Waals surface area contributed by atoms with Gasteiger partial charge in [0.05, 0.1) is 17.0 Å². The highest BCUT2D eigenvalue weighted by molar-refractivity contribution is 8.26. The van der Waals surface area contributed by atoms with Gasteiger partial charge in [0.25, 0.3) is 5.91 Å². The third-order valence-electron chi connectivity index (χ3n) is 4.04. The van der Waals surface area contributed by atoms with Gasteiger partial charge in [-0.1, -0.05) is 47.7 Å². The van der Waals surface area contributed by atoms with Crippen LogP contribution in [0.15, 0.2) is 41.3 Å². The van der Waals surface area contributed by atoms with E-state index in [0.717, 1.165) is 5.56 Å². The summed E-state index contributed by atoms with van der Waals surface area (Å²) in [7, 11) is 1.51. The van der Waals surface area contributed by atoms with E-state index in [-0.39, 0.29) is 18.3 Å². The lowest BCUT2D eigenvalue weighted by Crippen LogP contribution is -2.27. The van der Waals surface area contributed by atoms with E-state index in [0.29, 0.717) is 37.9 Å². The number of ether oxygens (including phenoxy) is 2. The van der Waals surface area contributed by atoms with Crippen molar-refractivity contribution in [2.24, 2.45) is 0 Å². The Balaban J connectivity index is 1.83. The minimum absolute atomic E-state index is 0.121. The fourth-order valence-corrected chi connectivity index (χ4v) is 4.28. The monoisotopic (exact) mass is 437 g/mol. The first-order valence-electron chi connectivity index (χ1n) is 8.43. The largest absolute Gasteiger partial charge is 0.493 e. The fourth-order valence-electron chi connectivity index (χ4n) is 2.62. The quantitative estimate of drug-likeness (QED) is 0.453. The summed E-state index contributed by atoms with van der Waals surface area (Å²) < 4.78 is 24.7. The second-order valence-electron chi connectivity index (χ2n) is 5.88. The molecule has 28 heavy (non-hydrogen) atoms. The molecule has 2 aromatic rings. The molecule has 1 fully saturated rings. The van der Waals surface area contributed by atoms with Gasteiger partial charge in [-0.2, -0.15) is 0 Å². The molecule has 1 saturated heterocycles. The standard InChI is InChI=1S/C20H17ClFNO3S2/c1-3-23-19(24)17(28-20(23)27)10-13-8-15(21)18(16(9-13)25-2)26-11-12-4-6-14(22)7-5-12/h4-10H,3,11H2,1-2H3. The molecule has 3 rings (SSSR count). The zero-order valence-corrected chi connectivity index (χ0v) is 17.6. The van der Waals surface area contributed by atoms with Crippen LogP contribution in [0.1, 0.15) is 18.1 Å². The van der Waals surface area contributed by atoms with Crippen molar-refractivity contribution < 1.29 is 18.7 Å². The van der Waals surface area contributed by atoms with Crippen molar-refractivity contribution in [1.82, 2.24) is 4.90 Å². The smallest absolute Gasteiger partial charge is 0.266 e. The van der Waals surface area contributed by atoms with Gasteiger partial charge in [0, 0.05) is 6.54 Å². The zero-order valence-electron chi connectivity index (χ0n) is 15.2. The van der Waals surface area contributed by atoms with E-state index in [4.69, 9.17) is 33.3 Å². The molecule has 1 aliphatic rings. The van der Waals surface area contributed by atoms with E-state index in [1.54, 1.807) is 35.2 Å². The van der Waals surface area contributed by atoms with Gasteiger partial charge in [-0.05, 0) is 48.4 Å². The molecule has 0 aromatic heterocycles. The summed E-state index contributed by atoms with van der Waals surface area (Å²) >= 11 is 12.9. The number of hydrogen-bond donors (Lipinski definition) is 0. The number of nitrogens with zero attached hydrogens (tertiary/aromatic N) is 1. The Hall–Kier alpha value is -2.09. The lowest BCUT2D eigenvalue weighted by molar-refractivity contribution is -0.121. The van der Waals surface area contributed by atoms with Gasteiger partial charge in [0.1, 0.15) is 16.7 Å². The number of rotatable bonds is 6. The lowest BCUT2D eigenvalue weighted by Gasteiger charge is -2.13. The number of benzene rings is 2. The highest BCUT2D eigenvalue weighted by Crippen LogP contribution is 2.39. The third-order valence-corrected chi connectivity index (χ3v) is 5.69. The van der Waals surface area contributed by atoms with Gasteiger partial charge in [-0.25, -0.2) is 4.39 Å². The first-order valence-corrected chi connectivity index (χ1v) is 10.0. The SMILES string of the molecule is CCN1C(=O)C(=Cc2cc(Cl)c(OCc3ccc(F)cc3)c(OC)c2)SC1=S. The van der Waals surface area contributed by atoms with Crippen molar-refractivity contribution in [2.45, 2.75) is 13.5 Å². The van der Waals surface area contributed by atoms with Crippen molar-refractivity contribution in [3.05, 3.63) is 63.3 Å². The molecule has 0 aliphatic carbocycles. The van der Waals surface area contributed by atoms with Crippen molar-refractivity contribution in [3.8, 4) is 11.5 Å². The molecule has 2 aromatic carbocycles. The first-order chi connectivity index (χ1) is 13.4. The molecular weight excluding hydrogens is 421 g/mol. The van der Waals surface area contributed by atoms with Crippen LogP contribution in [0.2, 0.25) is 5.02 Å². The number of amides is 1. The van der Waals surface area contributed by atoms with Crippen molar-refractivity contribution in [1.29, 1.82) is 0 Å². The maximum absolute atomic E-state index is 13.0. The molecule has 0 bridgehead atoms. The number of thiocarbonyl (C=S) groups is 1. The van der Waals surface area contributed by atoms with Crippen LogP contribution in [-0.4, -0.2) is 28.8 Å². The Labute approximate surface area is 177 Å². The Morgan fingerprint density at radius 1 is 1.29 bits per heavy atom. The Morgan fingerprint density at radius 2 is 2.00 bits per heavy atom. The summed E-state index contributed by atoms with van der Waals surface area (Å²) in [5.74, 6) is 0.389. The summed E-state index contributed by atoms with van der Waals surface area (Å²) in [5, 5.41) is 0.346. The van der Waals surface area contributed by atoms with Crippen LogP contribution in [0.3, 0.4) is 0 Å². The van der Waals surface area contributed by atoms with Crippen LogP contribution in [0.5, 0.6) is 11.5 Å². The van der Waals surface area contributed by atoms with Crippen LogP contribution in [0, 0.1) is 5.82 Å². The second kappa shape index (κ2) is 8.94. The minimum Gasteiger partial charge on any atom is -0.493 e. The summed E-state index contributed by atoms with van der Waals surface area (Å²) in [6, 6.07) is 9.45. The van der Waals surface area contributed by atoms with Crippen LogP contribution < -0.4 is 9.47 Å². The molecule has 4 nitrogen and oxygen atoms in total. The summed E-state index contributed by atoms with van der Waals surface area (Å²) in [6.45, 7) is 2.62. The molecule has 0 spiro atoms. The maximum atomic E-state index is 13.0. The van der Waals surface area contributed by atoms with E-state index < -0.39 is 0 Å². The van der Waals surface area contributed by atoms with E-state index >= 15 is 0 Å². The van der Waals surface area contributed by atoms with E-state index in [9.17, 15) is 9.18 Å². The molecule has 146 valence electrons. The number of thioether (sulfide) groups is 1. The topological polar surface area (TPSA) is 38.8 Å². The number of likely N-dealkylation sites (N-methyl/N-ethyl adjacent to an activating group) is 1. The summed E-state index contributed by atoms with van der Waals surface area (Å²) in [4.78, 5) is 14.5. The summed E-state index contributed by atoms with van der Waals surface area (Å²) in [5.41, 5.74) is 1.50. The number of carbonyl (C=O) groups is 1. The Morgan fingerprint density at radius 3 is 2.61 bits per heavy atom. The minimum atomic E-state index is -0.308. The maximum Gasteiger partial charge on any atom is 0.266 e. The number of hydrogen-bond acceptors (Lipinski definition) is 5. The lowest BCUT2D eigenvalue weighted by atomic mass is 10.1. The molecule has 1 heterocycles. The van der Waals surface area contributed by atoms with E-state index in [2.05, 4.69) is 0 Å². The highest BCUT2D eigenvalue weighted by atomic mass is 35.5. The average molecular weight is 438 g/mol. The third kappa shape index (κ3) is 4.48. The van der Waals surface area contributed by atoms with Crippen molar-refractivity contribution in [2.75, 3.05) is 13.7 Å². The van der Waals surface area contributed by atoms with Crippen LogP contribution in [0.25, 0.3) is 6.08 Å². The summed E-state index contributed by atoms with van der Waals surface area (Å²) in [6.07, 6.45) is 1.73. The first kappa shape index (κ1) is 20.6. The van der Waals surface area contributed by atoms with Crippen molar-refractivity contribution >= 4 is 51.9 Å². The molecule has 0 atom stereocenters. The van der Waals surface area contributed by atoms with Crippen LogP contribution in [-0.2, 0) is 11.4 Å². The normalized spacial score (nSPS) is 15.4. The predicted molar refractivity (Wildman–Crippen MR) is 114 cm³/mol. The molecule has 8 heteroatoms. The molecule has 0 unspecified atom stereocenters. The molecule has 1 amide bonds. The number of carbonyl (C=O) groups excluding carboxylic acids is 1. The molecule has 0 radical (unpaired) electrons. The van der Waals surface area contributed by atoms with Crippen LogP contribution >= 0.6 is 35.6 Å². The van der Waals surface area contributed by atoms with Gasteiger partial charge < -0.3 is 9.47 Å². The predicted octanol–water partition coefficient (Wildman–Crippen LogP) is 5.29. The molecule has 0 saturated carbocycles. The Kier molecular flexibility index (Phi) is 6.59. The number of halogens is 2. The van der Waals surface area contributed by atoms with Gasteiger partial charge in [-0.3, -0.25) is 9.69 Å².